The van der Waals surface area contributed by atoms with E-state index in [0.29, 0.717) is 18.5 Å². The Balaban J connectivity index is 2.81. The highest BCUT2D eigenvalue weighted by molar-refractivity contribution is 5.83. The molecule has 0 bridgehead atoms. The number of aromatic amines is 1. The second-order valence-corrected chi connectivity index (χ2v) is 6.22. The number of hydrogen-bond donors (Lipinski definition) is 4. The molecular weight excluding hydrogens is 312 g/mol. The number of nitrogens with zero attached hydrogens (tertiary/aromatic N) is 1. The molecule has 0 saturated carbocycles. The smallest absolute Gasteiger partial charge is 0.320 e. The molecule has 1 aromatic rings. The molecule has 8 heteroatoms. The first-order valence-corrected chi connectivity index (χ1v) is 8.09. The third-order valence-electron chi connectivity index (χ3n) is 3.64. The lowest BCUT2D eigenvalue weighted by molar-refractivity contribution is -0.140. The van der Waals surface area contributed by atoms with Crippen molar-refractivity contribution >= 4 is 11.9 Å². The molecule has 134 valence electrons. The standard InChI is InChI=1S/C16H26N4O4/c1-5-11(16(23)24)18-13(8-9(2)3)15(22)17-10(4)12-6-7-14(21)20-19-12/h6-7,9-11,13,18H,5,8H2,1-4H3,(H,17,22)(H,20,21)(H,23,24). The fourth-order valence-electron chi connectivity index (χ4n) is 2.31. The van der Waals surface area contributed by atoms with E-state index in [9.17, 15) is 19.5 Å². The average Bonchev–Trinajstić information content (AvgIpc) is 2.51. The number of carboxylic acids is 1. The molecular formula is C16H26N4O4. The summed E-state index contributed by atoms with van der Waals surface area (Å²) in [5, 5.41) is 21.1. The van der Waals surface area contributed by atoms with Crippen LogP contribution in [0.25, 0.3) is 0 Å². The number of carboxylic acid groups (broad SMARTS) is 1. The lowest BCUT2D eigenvalue weighted by Gasteiger charge is -2.25. The van der Waals surface area contributed by atoms with Crippen LogP contribution in [-0.2, 0) is 9.59 Å². The molecule has 0 aliphatic rings. The second-order valence-electron chi connectivity index (χ2n) is 6.22. The van der Waals surface area contributed by atoms with Gasteiger partial charge in [-0.3, -0.25) is 19.7 Å². The van der Waals surface area contributed by atoms with E-state index in [1.54, 1.807) is 19.9 Å². The highest BCUT2D eigenvalue weighted by atomic mass is 16.4. The van der Waals surface area contributed by atoms with Gasteiger partial charge in [-0.15, -0.1) is 0 Å². The van der Waals surface area contributed by atoms with Crippen LogP contribution in [0.3, 0.4) is 0 Å². The third kappa shape index (κ3) is 6.11. The van der Waals surface area contributed by atoms with E-state index in [4.69, 9.17) is 0 Å². The topological polar surface area (TPSA) is 124 Å². The summed E-state index contributed by atoms with van der Waals surface area (Å²) in [5.74, 6) is -1.04. The Bertz CT molecular complexity index is 594. The molecule has 3 unspecified atom stereocenters. The first-order chi connectivity index (χ1) is 11.2. The SMILES string of the molecule is CCC(NC(CC(C)C)C(=O)NC(C)c1ccc(=O)[nH]n1)C(=O)O. The molecule has 0 saturated heterocycles. The van der Waals surface area contributed by atoms with Gasteiger partial charge in [-0.1, -0.05) is 20.8 Å². The van der Waals surface area contributed by atoms with Crippen molar-refractivity contribution in [2.45, 2.75) is 58.7 Å². The van der Waals surface area contributed by atoms with Crippen LogP contribution in [0.4, 0.5) is 0 Å². The maximum absolute atomic E-state index is 12.5. The van der Waals surface area contributed by atoms with Gasteiger partial charge in [0.25, 0.3) is 5.56 Å². The summed E-state index contributed by atoms with van der Waals surface area (Å²) in [7, 11) is 0. The zero-order valence-electron chi connectivity index (χ0n) is 14.5. The van der Waals surface area contributed by atoms with Crippen LogP contribution in [0.15, 0.2) is 16.9 Å². The van der Waals surface area contributed by atoms with Gasteiger partial charge in [0.2, 0.25) is 5.91 Å². The van der Waals surface area contributed by atoms with Crippen LogP contribution in [0.1, 0.15) is 52.3 Å². The summed E-state index contributed by atoms with van der Waals surface area (Å²) < 4.78 is 0. The minimum Gasteiger partial charge on any atom is -0.480 e. The maximum atomic E-state index is 12.5. The summed E-state index contributed by atoms with van der Waals surface area (Å²) in [6.07, 6.45) is 0.898. The van der Waals surface area contributed by atoms with Gasteiger partial charge in [-0.2, -0.15) is 5.10 Å². The Hall–Kier alpha value is -2.22. The van der Waals surface area contributed by atoms with Gasteiger partial charge in [0, 0.05) is 6.07 Å². The van der Waals surface area contributed by atoms with E-state index >= 15 is 0 Å². The van der Waals surface area contributed by atoms with E-state index < -0.39 is 24.1 Å². The zero-order chi connectivity index (χ0) is 18.3. The number of carbonyl (C=O) groups excluding carboxylic acids is 1. The van der Waals surface area contributed by atoms with Crippen LogP contribution >= 0.6 is 0 Å². The largest absolute Gasteiger partial charge is 0.480 e. The van der Waals surface area contributed by atoms with E-state index in [-0.39, 0.29) is 17.4 Å². The molecule has 0 aliphatic heterocycles. The van der Waals surface area contributed by atoms with Gasteiger partial charge in [0.1, 0.15) is 6.04 Å². The number of aromatic nitrogens is 2. The molecule has 1 rings (SSSR count). The number of amides is 1. The zero-order valence-corrected chi connectivity index (χ0v) is 14.5. The monoisotopic (exact) mass is 338 g/mol. The quantitative estimate of drug-likeness (QED) is 0.528. The van der Waals surface area contributed by atoms with E-state index in [1.807, 2.05) is 13.8 Å². The van der Waals surface area contributed by atoms with Crippen LogP contribution in [0.5, 0.6) is 0 Å². The number of H-pyrrole nitrogens is 1. The van der Waals surface area contributed by atoms with E-state index in [0.717, 1.165) is 0 Å². The fraction of sp³-hybridized carbons (Fsp3) is 0.625. The van der Waals surface area contributed by atoms with Crippen LogP contribution in [0.2, 0.25) is 0 Å². The van der Waals surface area contributed by atoms with Crippen molar-refractivity contribution in [3.8, 4) is 0 Å². The number of hydrogen-bond acceptors (Lipinski definition) is 5. The summed E-state index contributed by atoms with van der Waals surface area (Å²) in [4.78, 5) is 34.8. The molecule has 0 spiro atoms. The Morgan fingerprint density at radius 3 is 2.38 bits per heavy atom. The molecule has 3 atom stereocenters. The molecule has 1 aromatic heterocycles. The predicted molar refractivity (Wildman–Crippen MR) is 89.5 cm³/mol. The molecule has 1 amide bonds. The summed E-state index contributed by atoms with van der Waals surface area (Å²) in [6, 6.07) is 1.08. The molecule has 4 N–H and O–H groups in total. The van der Waals surface area contributed by atoms with Gasteiger partial charge < -0.3 is 10.4 Å². The van der Waals surface area contributed by atoms with E-state index in [1.165, 1.54) is 6.07 Å². The molecule has 0 aliphatic carbocycles. The summed E-state index contributed by atoms with van der Waals surface area (Å²) in [5.41, 5.74) is 0.209. The molecule has 1 heterocycles. The predicted octanol–water partition coefficient (Wildman–Crippen LogP) is 0.815. The average molecular weight is 338 g/mol. The van der Waals surface area contributed by atoms with Gasteiger partial charge in [-0.05, 0) is 31.7 Å². The van der Waals surface area contributed by atoms with Crippen LogP contribution in [0, 0.1) is 5.92 Å². The van der Waals surface area contributed by atoms with Crippen molar-refractivity contribution in [2.75, 3.05) is 0 Å². The van der Waals surface area contributed by atoms with Gasteiger partial charge in [0.05, 0.1) is 17.8 Å². The molecule has 8 nitrogen and oxygen atoms in total. The Kier molecular flexibility index (Phi) is 7.57. The van der Waals surface area contributed by atoms with Crippen molar-refractivity contribution in [3.05, 3.63) is 28.2 Å². The highest BCUT2D eigenvalue weighted by Gasteiger charge is 2.27. The number of carbonyl (C=O) groups is 2. The number of nitrogens with one attached hydrogen (secondary N) is 3. The van der Waals surface area contributed by atoms with Crippen molar-refractivity contribution < 1.29 is 14.7 Å². The van der Waals surface area contributed by atoms with E-state index in [2.05, 4.69) is 20.8 Å². The van der Waals surface area contributed by atoms with Crippen molar-refractivity contribution in [2.24, 2.45) is 5.92 Å². The molecule has 0 fully saturated rings. The van der Waals surface area contributed by atoms with Gasteiger partial charge in [0.15, 0.2) is 0 Å². The van der Waals surface area contributed by atoms with Crippen molar-refractivity contribution in [3.63, 3.8) is 0 Å². The Morgan fingerprint density at radius 1 is 1.25 bits per heavy atom. The Morgan fingerprint density at radius 2 is 1.92 bits per heavy atom. The first kappa shape index (κ1) is 19.8. The second kappa shape index (κ2) is 9.17. The van der Waals surface area contributed by atoms with Crippen LogP contribution < -0.4 is 16.2 Å². The molecule has 0 aromatic carbocycles. The lowest BCUT2D eigenvalue weighted by Crippen LogP contribution is -2.51. The number of aliphatic carboxylic acids is 1. The minimum atomic E-state index is -0.977. The molecule has 24 heavy (non-hydrogen) atoms. The van der Waals surface area contributed by atoms with Gasteiger partial charge in [-0.25, -0.2) is 5.10 Å². The van der Waals surface area contributed by atoms with Crippen molar-refractivity contribution in [1.82, 2.24) is 20.8 Å². The van der Waals surface area contributed by atoms with Crippen molar-refractivity contribution in [1.29, 1.82) is 0 Å². The van der Waals surface area contributed by atoms with Gasteiger partial charge >= 0.3 is 5.97 Å². The Labute approximate surface area is 141 Å². The lowest BCUT2D eigenvalue weighted by atomic mass is 10.0. The summed E-state index contributed by atoms with van der Waals surface area (Å²) >= 11 is 0. The molecule has 0 radical (unpaired) electrons. The fourth-order valence-corrected chi connectivity index (χ4v) is 2.31. The third-order valence-corrected chi connectivity index (χ3v) is 3.64. The number of rotatable bonds is 9. The first-order valence-electron chi connectivity index (χ1n) is 8.09. The summed E-state index contributed by atoms with van der Waals surface area (Å²) in [6.45, 7) is 7.44. The maximum Gasteiger partial charge on any atom is 0.320 e. The normalized spacial score (nSPS) is 14.9. The highest BCUT2D eigenvalue weighted by Crippen LogP contribution is 2.11. The minimum absolute atomic E-state index is 0.223. The van der Waals surface area contributed by atoms with Crippen LogP contribution in [-0.4, -0.2) is 39.3 Å².